The van der Waals surface area contributed by atoms with E-state index in [4.69, 9.17) is 10.8 Å². The molecule has 0 saturated carbocycles. The Morgan fingerprint density at radius 2 is 2.20 bits per heavy atom. The molecule has 8 heteroatoms. The van der Waals surface area contributed by atoms with Crippen LogP contribution in [0.4, 0.5) is 4.79 Å². The molecule has 0 saturated heterocycles. The molecular formula is C12H13N3O5. The molecule has 0 fully saturated rings. The number of amides is 2. The zero-order chi connectivity index (χ0) is 15.0. The summed E-state index contributed by atoms with van der Waals surface area (Å²) in [5.74, 6) is -1.57. The number of carbonyl (C=O) groups excluding carboxylic acids is 2. The fraction of sp³-hybridized carbons (Fsp3) is 0.167. The molecule has 1 heterocycles. The van der Waals surface area contributed by atoms with Gasteiger partial charge in [0.15, 0.2) is 0 Å². The summed E-state index contributed by atoms with van der Waals surface area (Å²) in [6, 6.07) is 1.45. The van der Waals surface area contributed by atoms with E-state index in [9.17, 15) is 14.4 Å². The van der Waals surface area contributed by atoms with Crippen LogP contribution in [0.2, 0.25) is 0 Å². The molecule has 106 valence electrons. The van der Waals surface area contributed by atoms with E-state index in [0.717, 1.165) is 6.08 Å². The zero-order valence-electron chi connectivity index (χ0n) is 10.4. The van der Waals surface area contributed by atoms with Crippen molar-refractivity contribution in [3.8, 4) is 0 Å². The van der Waals surface area contributed by atoms with Crippen LogP contribution in [0, 0.1) is 0 Å². The molecule has 1 aromatic heterocycles. The molecule has 0 atom stereocenters. The van der Waals surface area contributed by atoms with Gasteiger partial charge in [-0.2, -0.15) is 0 Å². The summed E-state index contributed by atoms with van der Waals surface area (Å²) in [5.41, 5.74) is 5.39. The normalized spacial score (nSPS) is 10.2. The van der Waals surface area contributed by atoms with Crippen LogP contribution in [-0.4, -0.2) is 41.2 Å². The van der Waals surface area contributed by atoms with Crippen LogP contribution in [0.5, 0.6) is 0 Å². The highest BCUT2D eigenvalue weighted by molar-refractivity contribution is 5.98. The molecule has 0 aliphatic carbocycles. The molecular weight excluding hydrogens is 266 g/mol. The summed E-state index contributed by atoms with van der Waals surface area (Å²) in [6.07, 6.45) is 4.03. The minimum Gasteiger partial charge on any atom is -0.478 e. The van der Waals surface area contributed by atoms with Crippen molar-refractivity contribution in [1.29, 1.82) is 0 Å². The van der Waals surface area contributed by atoms with Crippen LogP contribution < -0.4 is 11.1 Å². The number of carbonyl (C=O) groups is 3. The van der Waals surface area contributed by atoms with Gasteiger partial charge >= 0.3 is 12.1 Å². The topological polar surface area (TPSA) is 132 Å². The van der Waals surface area contributed by atoms with Gasteiger partial charge in [-0.1, -0.05) is 0 Å². The molecule has 0 aliphatic heterocycles. The molecule has 2 amide bonds. The van der Waals surface area contributed by atoms with E-state index in [1.165, 1.54) is 24.5 Å². The van der Waals surface area contributed by atoms with Gasteiger partial charge in [-0.25, -0.2) is 9.59 Å². The number of pyridine rings is 1. The first kappa shape index (κ1) is 15.2. The first-order valence-corrected chi connectivity index (χ1v) is 5.56. The van der Waals surface area contributed by atoms with Gasteiger partial charge < -0.3 is 20.9 Å². The van der Waals surface area contributed by atoms with Gasteiger partial charge in [0.05, 0.1) is 6.54 Å². The third kappa shape index (κ3) is 5.17. The van der Waals surface area contributed by atoms with E-state index >= 15 is 0 Å². The molecule has 0 unspecified atom stereocenters. The quantitative estimate of drug-likeness (QED) is 0.496. The van der Waals surface area contributed by atoms with Crippen molar-refractivity contribution in [1.82, 2.24) is 10.3 Å². The second kappa shape index (κ2) is 7.52. The van der Waals surface area contributed by atoms with Crippen molar-refractivity contribution < 1.29 is 24.2 Å². The molecule has 4 N–H and O–H groups in total. The molecule has 0 bridgehead atoms. The van der Waals surface area contributed by atoms with Crippen LogP contribution in [0.1, 0.15) is 15.9 Å². The van der Waals surface area contributed by atoms with E-state index in [2.05, 4.69) is 15.0 Å². The number of nitrogens with two attached hydrogens (primary N) is 1. The lowest BCUT2D eigenvalue weighted by Gasteiger charge is -2.07. The highest BCUT2D eigenvalue weighted by Gasteiger charge is 2.09. The number of hydrogen-bond donors (Lipinski definition) is 3. The van der Waals surface area contributed by atoms with Crippen LogP contribution in [-0.2, 0) is 9.53 Å². The summed E-state index contributed by atoms with van der Waals surface area (Å²) in [4.78, 5) is 36.5. The van der Waals surface area contributed by atoms with Gasteiger partial charge in [0.25, 0.3) is 5.91 Å². The van der Waals surface area contributed by atoms with Gasteiger partial charge in [0.2, 0.25) is 0 Å². The lowest BCUT2D eigenvalue weighted by atomic mass is 10.1. The van der Waals surface area contributed by atoms with Crippen LogP contribution >= 0.6 is 0 Å². The molecule has 0 radical (unpaired) electrons. The Kier molecular flexibility index (Phi) is 5.70. The van der Waals surface area contributed by atoms with E-state index in [1.807, 2.05) is 0 Å². The number of aliphatic carboxylic acids is 1. The second-order valence-electron chi connectivity index (χ2n) is 3.56. The Balaban J connectivity index is 2.68. The third-order valence-corrected chi connectivity index (χ3v) is 2.13. The fourth-order valence-corrected chi connectivity index (χ4v) is 1.32. The number of carboxylic acids is 1. The highest BCUT2D eigenvalue weighted by Crippen LogP contribution is 2.08. The van der Waals surface area contributed by atoms with E-state index < -0.39 is 18.0 Å². The van der Waals surface area contributed by atoms with Crippen LogP contribution in [0.25, 0.3) is 6.08 Å². The first-order chi connectivity index (χ1) is 9.50. The Bertz CT molecular complexity index is 542. The van der Waals surface area contributed by atoms with Crippen molar-refractivity contribution in [3.05, 3.63) is 35.7 Å². The lowest BCUT2D eigenvalue weighted by Crippen LogP contribution is -2.29. The van der Waals surface area contributed by atoms with Gasteiger partial charge in [0, 0.05) is 29.6 Å². The molecule has 0 aromatic carbocycles. The number of ether oxygens (including phenoxy) is 1. The summed E-state index contributed by atoms with van der Waals surface area (Å²) in [6.45, 7) is 0.0403. The minimum atomic E-state index is -1.13. The maximum Gasteiger partial charge on any atom is 0.404 e. The standard InChI is InChI=1S/C12H13N3O5/c13-12(19)20-6-5-15-11(18)9-3-4-14-7-8(9)1-2-10(16)17/h1-4,7H,5-6H2,(H2,13,19)(H,15,18)(H,16,17)/b2-1+. The molecule has 1 rings (SSSR count). The largest absolute Gasteiger partial charge is 0.478 e. The Morgan fingerprint density at radius 1 is 1.45 bits per heavy atom. The number of primary amides is 1. The molecule has 20 heavy (non-hydrogen) atoms. The average molecular weight is 279 g/mol. The zero-order valence-corrected chi connectivity index (χ0v) is 10.4. The minimum absolute atomic E-state index is 0.0492. The van der Waals surface area contributed by atoms with Crippen LogP contribution in [0.3, 0.4) is 0 Å². The van der Waals surface area contributed by atoms with E-state index in [-0.39, 0.29) is 18.7 Å². The Labute approximate surface area is 114 Å². The number of rotatable bonds is 6. The fourth-order valence-electron chi connectivity index (χ4n) is 1.32. The maximum absolute atomic E-state index is 11.9. The maximum atomic E-state index is 11.9. The van der Waals surface area contributed by atoms with Crippen LogP contribution in [0.15, 0.2) is 24.5 Å². The predicted molar refractivity (Wildman–Crippen MR) is 68.8 cm³/mol. The lowest BCUT2D eigenvalue weighted by molar-refractivity contribution is -0.131. The Hall–Kier alpha value is -2.90. The average Bonchev–Trinajstić information content (AvgIpc) is 2.41. The van der Waals surface area contributed by atoms with Crippen molar-refractivity contribution in [2.45, 2.75) is 0 Å². The van der Waals surface area contributed by atoms with Crippen molar-refractivity contribution >= 4 is 24.0 Å². The van der Waals surface area contributed by atoms with Gasteiger partial charge in [-0.15, -0.1) is 0 Å². The molecule has 8 nitrogen and oxygen atoms in total. The number of hydrogen-bond acceptors (Lipinski definition) is 5. The van der Waals surface area contributed by atoms with E-state index in [1.54, 1.807) is 0 Å². The highest BCUT2D eigenvalue weighted by atomic mass is 16.5. The smallest absolute Gasteiger partial charge is 0.404 e. The summed E-state index contributed by atoms with van der Waals surface area (Å²) < 4.78 is 4.46. The van der Waals surface area contributed by atoms with Gasteiger partial charge in [-0.05, 0) is 12.1 Å². The SMILES string of the molecule is NC(=O)OCCNC(=O)c1ccncc1/C=C/C(=O)O. The number of nitrogens with one attached hydrogen (secondary N) is 1. The van der Waals surface area contributed by atoms with E-state index in [0.29, 0.717) is 5.56 Å². The molecule has 0 aliphatic rings. The van der Waals surface area contributed by atoms with Crippen molar-refractivity contribution in [2.75, 3.05) is 13.2 Å². The first-order valence-electron chi connectivity index (χ1n) is 5.56. The van der Waals surface area contributed by atoms with Gasteiger partial charge in [-0.3, -0.25) is 9.78 Å². The summed E-state index contributed by atoms with van der Waals surface area (Å²) in [5, 5.41) is 11.1. The van der Waals surface area contributed by atoms with Gasteiger partial charge in [0.1, 0.15) is 6.61 Å². The molecule has 0 spiro atoms. The molecule has 1 aromatic rings. The summed E-state index contributed by atoms with van der Waals surface area (Å²) in [7, 11) is 0. The third-order valence-electron chi connectivity index (χ3n) is 2.13. The number of aromatic nitrogens is 1. The monoisotopic (exact) mass is 279 g/mol. The Morgan fingerprint density at radius 3 is 2.85 bits per heavy atom. The number of carboxylic acid groups (broad SMARTS) is 1. The van der Waals surface area contributed by atoms with Crippen molar-refractivity contribution in [3.63, 3.8) is 0 Å². The number of nitrogens with zero attached hydrogens (tertiary/aromatic N) is 1. The predicted octanol–water partition coefficient (Wildman–Crippen LogP) is 0.00450. The summed E-state index contributed by atoms with van der Waals surface area (Å²) >= 11 is 0. The second-order valence-corrected chi connectivity index (χ2v) is 3.56. The van der Waals surface area contributed by atoms with Crippen molar-refractivity contribution in [2.24, 2.45) is 5.73 Å².